The van der Waals surface area contributed by atoms with Crippen molar-refractivity contribution in [3.63, 3.8) is 0 Å². The van der Waals surface area contributed by atoms with E-state index in [1.807, 2.05) is 4.72 Å². The van der Waals surface area contributed by atoms with Crippen LogP contribution in [0, 0.1) is 23.4 Å². The number of benzene rings is 2. The van der Waals surface area contributed by atoms with Crippen molar-refractivity contribution < 1.29 is 36.3 Å². The first-order valence-electron chi connectivity index (χ1n) is 7.89. The second-order valence-electron chi connectivity index (χ2n) is 6.07. The molecular weight excluding hydrogens is 401 g/mol. The molecule has 2 N–H and O–H groups in total. The summed E-state index contributed by atoms with van der Waals surface area (Å²) in [6.07, 6.45) is -0.160. The van der Waals surface area contributed by atoms with E-state index in [0.717, 1.165) is 18.2 Å². The van der Waals surface area contributed by atoms with Crippen LogP contribution in [0.25, 0.3) is 0 Å². The Labute approximate surface area is 157 Å². The third-order valence-corrected chi connectivity index (χ3v) is 5.59. The van der Waals surface area contributed by atoms with Crippen LogP contribution in [0.2, 0.25) is 0 Å². The van der Waals surface area contributed by atoms with Gasteiger partial charge in [-0.3, -0.25) is 14.3 Å². The molecule has 0 saturated carbocycles. The van der Waals surface area contributed by atoms with Gasteiger partial charge in [0.05, 0.1) is 16.5 Å². The highest BCUT2D eigenvalue weighted by molar-refractivity contribution is 7.92. The van der Waals surface area contributed by atoms with E-state index in [0.29, 0.717) is 11.8 Å². The fourth-order valence-corrected chi connectivity index (χ4v) is 3.80. The predicted molar refractivity (Wildman–Crippen MR) is 91.7 cm³/mol. The van der Waals surface area contributed by atoms with Crippen LogP contribution in [-0.2, 0) is 19.6 Å². The molecule has 11 heteroatoms. The number of amides is 1. The van der Waals surface area contributed by atoms with E-state index in [1.165, 1.54) is 17.0 Å². The molecule has 7 nitrogen and oxygen atoms in total. The minimum atomic E-state index is -4.32. The van der Waals surface area contributed by atoms with Crippen LogP contribution in [0.3, 0.4) is 0 Å². The van der Waals surface area contributed by atoms with Gasteiger partial charge in [-0.2, -0.15) is 0 Å². The van der Waals surface area contributed by atoms with Crippen molar-refractivity contribution in [1.82, 2.24) is 0 Å². The van der Waals surface area contributed by atoms with Gasteiger partial charge in [0.15, 0.2) is 17.5 Å². The third kappa shape index (κ3) is 3.65. The number of hydrogen-bond acceptors (Lipinski definition) is 4. The summed E-state index contributed by atoms with van der Waals surface area (Å²) in [4.78, 5) is 23.8. The zero-order chi connectivity index (χ0) is 20.6. The molecule has 0 bridgehead atoms. The molecule has 1 atom stereocenters. The monoisotopic (exact) mass is 414 g/mol. The number of carboxylic acid groups (broad SMARTS) is 1. The average molecular weight is 414 g/mol. The molecule has 0 spiro atoms. The molecule has 28 heavy (non-hydrogen) atoms. The number of hydrogen-bond donors (Lipinski definition) is 2. The lowest BCUT2D eigenvalue weighted by molar-refractivity contribution is -0.141. The van der Waals surface area contributed by atoms with Crippen molar-refractivity contribution in [3.8, 4) is 0 Å². The first-order valence-corrected chi connectivity index (χ1v) is 9.38. The predicted octanol–water partition coefficient (Wildman–Crippen LogP) is 2.34. The second kappa shape index (κ2) is 7.15. The smallest absolute Gasteiger partial charge is 0.308 e. The number of carbonyl (C=O) groups is 2. The minimum absolute atomic E-state index is 0.0431. The van der Waals surface area contributed by atoms with Gasteiger partial charge in [-0.1, -0.05) is 0 Å². The maximum atomic E-state index is 13.7. The van der Waals surface area contributed by atoms with Gasteiger partial charge in [0.25, 0.3) is 10.0 Å². The summed E-state index contributed by atoms with van der Waals surface area (Å²) in [5.74, 6) is -7.31. The number of halogens is 3. The molecule has 1 fully saturated rings. The summed E-state index contributed by atoms with van der Waals surface area (Å²) < 4.78 is 66.4. The fourth-order valence-electron chi connectivity index (χ4n) is 2.74. The van der Waals surface area contributed by atoms with Crippen LogP contribution in [0.4, 0.5) is 24.5 Å². The lowest BCUT2D eigenvalue weighted by atomic mass is 10.1. The summed E-state index contributed by atoms with van der Waals surface area (Å²) in [7, 11) is -4.32. The van der Waals surface area contributed by atoms with E-state index in [1.54, 1.807) is 0 Å². The van der Waals surface area contributed by atoms with Crippen LogP contribution in [-0.4, -0.2) is 31.9 Å². The molecule has 1 heterocycles. The number of sulfonamides is 1. The quantitative estimate of drug-likeness (QED) is 0.731. The highest BCUT2D eigenvalue weighted by atomic mass is 32.2. The topological polar surface area (TPSA) is 104 Å². The highest BCUT2D eigenvalue weighted by Gasteiger charge is 2.35. The van der Waals surface area contributed by atoms with E-state index in [4.69, 9.17) is 5.11 Å². The Morgan fingerprint density at radius 3 is 2.29 bits per heavy atom. The fraction of sp³-hybridized carbons (Fsp3) is 0.176. The summed E-state index contributed by atoms with van der Waals surface area (Å²) in [6.45, 7) is -0.0431. The number of nitrogens with one attached hydrogen (secondary N) is 1. The van der Waals surface area contributed by atoms with Crippen molar-refractivity contribution in [3.05, 3.63) is 53.8 Å². The second-order valence-corrected chi connectivity index (χ2v) is 7.75. The normalized spacial score (nSPS) is 17.0. The molecule has 0 aromatic heterocycles. The lowest BCUT2D eigenvalue weighted by Gasteiger charge is -2.17. The van der Waals surface area contributed by atoms with Gasteiger partial charge >= 0.3 is 5.97 Å². The van der Waals surface area contributed by atoms with Gasteiger partial charge in [-0.25, -0.2) is 21.6 Å². The molecular formula is C17H13F3N2O5S. The number of carboxylic acids is 1. The Bertz CT molecular complexity index is 1060. The summed E-state index contributed by atoms with van der Waals surface area (Å²) in [5.41, 5.74) is -0.464. The summed E-state index contributed by atoms with van der Waals surface area (Å²) in [6, 6.07) is 6.15. The molecule has 1 aliphatic rings. The molecule has 3 rings (SSSR count). The Kier molecular flexibility index (Phi) is 5.02. The van der Waals surface area contributed by atoms with Crippen LogP contribution in [0.1, 0.15) is 6.42 Å². The number of nitrogens with zero attached hydrogens (tertiary/aromatic N) is 1. The number of carbonyl (C=O) groups excluding carboxylic acids is 1. The van der Waals surface area contributed by atoms with Crippen molar-refractivity contribution in [2.24, 2.45) is 5.92 Å². The molecule has 0 aliphatic carbocycles. The first kappa shape index (κ1) is 19.7. The van der Waals surface area contributed by atoms with E-state index in [9.17, 15) is 31.2 Å². The lowest BCUT2D eigenvalue weighted by Crippen LogP contribution is -2.25. The summed E-state index contributed by atoms with van der Waals surface area (Å²) >= 11 is 0. The first-order chi connectivity index (χ1) is 13.1. The zero-order valence-electron chi connectivity index (χ0n) is 14.0. The molecule has 1 amide bonds. The number of anilines is 2. The molecule has 0 radical (unpaired) electrons. The van der Waals surface area contributed by atoms with Crippen LogP contribution in [0.5, 0.6) is 0 Å². The highest BCUT2D eigenvalue weighted by Crippen LogP contribution is 2.27. The van der Waals surface area contributed by atoms with Gasteiger partial charge in [0.1, 0.15) is 0 Å². The Morgan fingerprint density at radius 1 is 1.07 bits per heavy atom. The van der Waals surface area contributed by atoms with Crippen LogP contribution < -0.4 is 9.62 Å². The van der Waals surface area contributed by atoms with Crippen LogP contribution >= 0.6 is 0 Å². The molecule has 2 aromatic rings. The SMILES string of the molecule is O=C(O)[C@H]1CC(=O)N(c2ccc(S(=O)(=O)Nc3ccc(F)c(F)c3F)cc2)C1. The standard InChI is InChI=1S/C17H13F3N2O5S/c18-12-5-6-13(16(20)15(12)19)21-28(26,27)11-3-1-10(2-4-11)22-8-9(17(24)25)7-14(22)23/h1-6,9,21H,7-8H2,(H,24,25)/t9-/m0/s1. The average Bonchev–Trinajstić information content (AvgIpc) is 3.04. The van der Waals surface area contributed by atoms with Gasteiger partial charge in [0.2, 0.25) is 5.91 Å². The Balaban J connectivity index is 1.82. The molecule has 1 saturated heterocycles. The van der Waals surface area contributed by atoms with Crippen molar-refractivity contribution in [1.29, 1.82) is 0 Å². The Hall–Kier alpha value is -3.08. The van der Waals surface area contributed by atoms with E-state index in [2.05, 4.69) is 0 Å². The van der Waals surface area contributed by atoms with Gasteiger partial charge in [-0.05, 0) is 36.4 Å². The zero-order valence-corrected chi connectivity index (χ0v) is 14.8. The van der Waals surface area contributed by atoms with Gasteiger partial charge < -0.3 is 10.0 Å². The largest absolute Gasteiger partial charge is 0.481 e. The molecule has 148 valence electrons. The van der Waals surface area contributed by atoms with Crippen molar-refractivity contribution in [2.75, 3.05) is 16.2 Å². The number of aliphatic carboxylic acids is 1. The van der Waals surface area contributed by atoms with Gasteiger partial charge in [-0.15, -0.1) is 0 Å². The molecule has 0 unspecified atom stereocenters. The maximum absolute atomic E-state index is 13.7. The molecule has 2 aromatic carbocycles. The van der Waals surface area contributed by atoms with Gasteiger partial charge in [0, 0.05) is 18.7 Å². The van der Waals surface area contributed by atoms with E-state index < -0.39 is 51.0 Å². The van der Waals surface area contributed by atoms with E-state index >= 15 is 0 Å². The molecule has 1 aliphatic heterocycles. The third-order valence-electron chi connectivity index (χ3n) is 4.21. The summed E-state index contributed by atoms with van der Waals surface area (Å²) in [5, 5.41) is 9.00. The van der Waals surface area contributed by atoms with Crippen molar-refractivity contribution >= 4 is 33.3 Å². The van der Waals surface area contributed by atoms with E-state index in [-0.39, 0.29) is 17.9 Å². The van der Waals surface area contributed by atoms with Crippen LogP contribution in [0.15, 0.2) is 41.3 Å². The minimum Gasteiger partial charge on any atom is -0.481 e. The maximum Gasteiger partial charge on any atom is 0.308 e. The number of rotatable bonds is 5. The van der Waals surface area contributed by atoms with Crippen molar-refractivity contribution in [2.45, 2.75) is 11.3 Å². The Morgan fingerprint density at radius 2 is 1.71 bits per heavy atom.